The lowest BCUT2D eigenvalue weighted by Gasteiger charge is -2.12. The fraction of sp³-hybridized carbons (Fsp3) is 0.312. The van der Waals surface area contributed by atoms with Crippen molar-refractivity contribution in [3.05, 3.63) is 35.4 Å². The summed E-state index contributed by atoms with van der Waals surface area (Å²) in [6, 6.07) is 9.66. The van der Waals surface area contributed by atoms with Crippen molar-refractivity contribution in [1.29, 1.82) is 5.26 Å². The number of aromatic nitrogens is 2. The molecule has 0 aliphatic rings. The molecular formula is C16H19N5O. The van der Waals surface area contributed by atoms with Crippen LogP contribution in [0.2, 0.25) is 0 Å². The van der Waals surface area contributed by atoms with E-state index in [0.29, 0.717) is 12.3 Å². The molecule has 0 aliphatic carbocycles. The number of benzene rings is 1. The third-order valence-electron chi connectivity index (χ3n) is 3.38. The molecule has 1 aromatic heterocycles. The predicted molar refractivity (Wildman–Crippen MR) is 85.5 cm³/mol. The van der Waals surface area contributed by atoms with Gasteiger partial charge in [0.25, 0.3) is 0 Å². The Kier molecular flexibility index (Phi) is 4.92. The van der Waals surface area contributed by atoms with Crippen LogP contribution in [0.5, 0.6) is 0 Å². The number of nitrogens with two attached hydrogens (primary N) is 2. The Morgan fingerprint density at radius 1 is 1.32 bits per heavy atom. The maximum Gasteiger partial charge on any atom is 0.222 e. The second-order valence-corrected chi connectivity index (χ2v) is 5.03. The van der Waals surface area contributed by atoms with Crippen LogP contribution in [0.1, 0.15) is 31.4 Å². The maximum absolute atomic E-state index is 9.25. The summed E-state index contributed by atoms with van der Waals surface area (Å²) in [6.07, 6.45) is 1.15. The zero-order valence-electron chi connectivity index (χ0n) is 12.7. The van der Waals surface area contributed by atoms with Gasteiger partial charge in [0.2, 0.25) is 5.95 Å². The van der Waals surface area contributed by atoms with Gasteiger partial charge < -0.3 is 16.2 Å². The number of nitrogens with zero attached hydrogens (tertiary/aromatic N) is 3. The standard InChI is InChI=1S/C16H19N5O/c1-3-10(2)22-9-11-5-4-6-12(7-11)14-13(8-17)15(18)21-16(19)20-14/h4-7,10H,3,9H2,1-2H3,(H4,18,19,20,21). The molecule has 0 saturated carbocycles. The van der Waals surface area contributed by atoms with E-state index in [4.69, 9.17) is 16.2 Å². The van der Waals surface area contributed by atoms with Crippen molar-refractivity contribution < 1.29 is 4.74 Å². The molecule has 1 atom stereocenters. The van der Waals surface area contributed by atoms with E-state index in [2.05, 4.69) is 16.9 Å². The van der Waals surface area contributed by atoms with Crippen molar-refractivity contribution in [3.63, 3.8) is 0 Å². The summed E-state index contributed by atoms with van der Waals surface area (Å²) in [5.41, 5.74) is 13.8. The van der Waals surface area contributed by atoms with E-state index in [0.717, 1.165) is 17.5 Å². The molecule has 2 aromatic rings. The molecule has 6 nitrogen and oxygen atoms in total. The summed E-state index contributed by atoms with van der Waals surface area (Å²) >= 11 is 0. The summed E-state index contributed by atoms with van der Waals surface area (Å²) < 4.78 is 5.72. The second-order valence-electron chi connectivity index (χ2n) is 5.03. The van der Waals surface area contributed by atoms with Crippen LogP contribution in [0.3, 0.4) is 0 Å². The smallest absolute Gasteiger partial charge is 0.222 e. The first-order chi connectivity index (χ1) is 10.5. The summed E-state index contributed by atoms with van der Waals surface area (Å²) in [7, 11) is 0. The topological polar surface area (TPSA) is 111 Å². The van der Waals surface area contributed by atoms with Crippen molar-refractivity contribution in [2.24, 2.45) is 0 Å². The van der Waals surface area contributed by atoms with Gasteiger partial charge in [0, 0.05) is 5.56 Å². The summed E-state index contributed by atoms with van der Waals surface area (Å²) in [4.78, 5) is 7.97. The van der Waals surface area contributed by atoms with Crippen LogP contribution in [-0.2, 0) is 11.3 Å². The molecule has 1 aromatic carbocycles. The molecule has 0 saturated heterocycles. The third-order valence-corrected chi connectivity index (χ3v) is 3.38. The van der Waals surface area contributed by atoms with Gasteiger partial charge in [-0.3, -0.25) is 0 Å². The van der Waals surface area contributed by atoms with Crippen molar-refractivity contribution in [2.45, 2.75) is 33.0 Å². The molecule has 0 bridgehead atoms. The molecule has 1 unspecified atom stereocenters. The average Bonchev–Trinajstić information content (AvgIpc) is 2.52. The van der Waals surface area contributed by atoms with Crippen LogP contribution in [0.15, 0.2) is 24.3 Å². The molecule has 6 heteroatoms. The van der Waals surface area contributed by atoms with Crippen LogP contribution in [0, 0.1) is 11.3 Å². The van der Waals surface area contributed by atoms with Crippen molar-refractivity contribution in [2.75, 3.05) is 11.5 Å². The summed E-state index contributed by atoms with van der Waals surface area (Å²) in [5.74, 6) is 0.138. The Balaban J connectivity index is 2.36. The van der Waals surface area contributed by atoms with E-state index in [9.17, 15) is 5.26 Å². The van der Waals surface area contributed by atoms with E-state index in [1.165, 1.54) is 0 Å². The van der Waals surface area contributed by atoms with Gasteiger partial charge in [0.1, 0.15) is 17.5 Å². The Labute approximate surface area is 129 Å². The van der Waals surface area contributed by atoms with Gasteiger partial charge in [0.05, 0.1) is 18.4 Å². The molecule has 114 valence electrons. The van der Waals surface area contributed by atoms with E-state index >= 15 is 0 Å². The zero-order valence-corrected chi connectivity index (χ0v) is 12.7. The van der Waals surface area contributed by atoms with Crippen LogP contribution >= 0.6 is 0 Å². The lowest BCUT2D eigenvalue weighted by molar-refractivity contribution is 0.0509. The first kappa shape index (κ1) is 15.7. The molecule has 0 amide bonds. The summed E-state index contributed by atoms with van der Waals surface area (Å²) in [6.45, 7) is 4.61. The fourth-order valence-electron chi connectivity index (χ4n) is 1.98. The second kappa shape index (κ2) is 6.87. The van der Waals surface area contributed by atoms with Gasteiger partial charge in [-0.15, -0.1) is 0 Å². The van der Waals surface area contributed by atoms with Gasteiger partial charge in [-0.25, -0.2) is 4.98 Å². The average molecular weight is 297 g/mol. The Morgan fingerprint density at radius 3 is 2.77 bits per heavy atom. The number of nitrogen functional groups attached to an aromatic ring is 2. The van der Waals surface area contributed by atoms with Crippen LogP contribution in [0.4, 0.5) is 11.8 Å². The minimum absolute atomic E-state index is 0.0489. The Hall–Kier alpha value is -2.65. The Bertz CT molecular complexity index is 708. The largest absolute Gasteiger partial charge is 0.382 e. The van der Waals surface area contributed by atoms with Crippen molar-refractivity contribution in [3.8, 4) is 17.3 Å². The Morgan fingerprint density at radius 2 is 2.09 bits per heavy atom. The number of ether oxygens (including phenoxy) is 1. The lowest BCUT2D eigenvalue weighted by Crippen LogP contribution is -2.07. The molecule has 0 spiro atoms. The molecular weight excluding hydrogens is 278 g/mol. The van der Waals surface area contributed by atoms with Gasteiger partial charge in [-0.1, -0.05) is 25.1 Å². The van der Waals surface area contributed by atoms with Crippen LogP contribution in [-0.4, -0.2) is 16.1 Å². The van der Waals surface area contributed by atoms with Gasteiger partial charge in [-0.2, -0.15) is 10.2 Å². The van der Waals surface area contributed by atoms with Crippen LogP contribution < -0.4 is 11.5 Å². The lowest BCUT2D eigenvalue weighted by atomic mass is 10.0. The molecule has 4 N–H and O–H groups in total. The quantitative estimate of drug-likeness (QED) is 0.877. The highest BCUT2D eigenvalue weighted by Crippen LogP contribution is 2.26. The number of hydrogen-bond acceptors (Lipinski definition) is 6. The van der Waals surface area contributed by atoms with Gasteiger partial charge >= 0.3 is 0 Å². The van der Waals surface area contributed by atoms with Crippen LogP contribution in [0.25, 0.3) is 11.3 Å². The number of nitriles is 1. The van der Waals surface area contributed by atoms with Gasteiger partial charge in [-0.05, 0) is 25.0 Å². The molecule has 22 heavy (non-hydrogen) atoms. The fourth-order valence-corrected chi connectivity index (χ4v) is 1.98. The molecule has 0 aliphatic heterocycles. The van der Waals surface area contributed by atoms with E-state index in [1.54, 1.807) is 0 Å². The number of rotatable bonds is 5. The van der Waals surface area contributed by atoms with Crippen molar-refractivity contribution in [1.82, 2.24) is 9.97 Å². The first-order valence-corrected chi connectivity index (χ1v) is 7.09. The molecule has 0 radical (unpaired) electrons. The molecule has 1 heterocycles. The van der Waals surface area contributed by atoms with Crippen molar-refractivity contribution >= 4 is 11.8 Å². The third kappa shape index (κ3) is 3.51. The number of hydrogen-bond donors (Lipinski definition) is 2. The molecule has 2 rings (SSSR count). The highest BCUT2D eigenvalue weighted by atomic mass is 16.5. The minimum Gasteiger partial charge on any atom is -0.382 e. The predicted octanol–water partition coefficient (Wildman–Crippen LogP) is 2.49. The van der Waals surface area contributed by atoms with E-state index < -0.39 is 0 Å². The van der Waals surface area contributed by atoms with Gasteiger partial charge in [0.15, 0.2) is 0 Å². The SMILES string of the molecule is CCC(C)OCc1cccc(-c2nc(N)nc(N)c2C#N)c1. The number of anilines is 2. The molecule has 0 fully saturated rings. The normalized spacial score (nSPS) is 11.9. The summed E-state index contributed by atoms with van der Waals surface area (Å²) in [5, 5.41) is 9.25. The first-order valence-electron chi connectivity index (χ1n) is 7.09. The monoisotopic (exact) mass is 297 g/mol. The highest BCUT2D eigenvalue weighted by Gasteiger charge is 2.13. The highest BCUT2D eigenvalue weighted by molar-refractivity contribution is 5.73. The van der Waals surface area contributed by atoms with E-state index in [1.807, 2.05) is 37.3 Å². The van der Waals surface area contributed by atoms with E-state index in [-0.39, 0.29) is 23.4 Å². The zero-order chi connectivity index (χ0) is 16.1. The maximum atomic E-state index is 9.25. The minimum atomic E-state index is 0.0489.